The van der Waals surface area contributed by atoms with Crippen LogP contribution in [0, 0.1) is 0 Å². The zero-order valence-corrected chi connectivity index (χ0v) is 14.6. The Kier molecular flexibility index (Phi) is 3.43. The van der Waals surface area contributed by atoms with Crippen molar-refractivity contribution in [1.29, 1.82) is 0 Å². The molecular weight excluding hydrogens is 272 g/mol. The SMILES string of the molecule is CCOC(=O)C12CCC(C)(C)c3cccc(c31)C(C)(C)CC2. The van der Waals surface area contributed by atoms with Gasteiger partial charge in [0.25, 0.3) is 0 Å². The van der Waals surface area contributed by atoms with Crippen LogP contribution in [0.25, 0.3) is 0 Å². The third-order valence-corrected chi connectivity index (χ3v) is 6.02. The molecule has 0 bridgehead atoms. The molecule has 0 heterocycles. The van der Waals surface area contributed by atoms with E-state index in [0.717, 1.165) is 25.7 Å². The van der Waals surface area contributed by atoms with Crippen LogP contribution in [0.2, 0.25) is 0 Å². The first kappa shape index (κ1) is 15.6. The Hall–Kier alpha value is -1.31. The van der Waals surface area contributed by atoms with E-state index in [1.54, 1.807) is 0 Å². The molecule has 2 aliphatic carbocycles. The molecule has 1 aromatic carbocycles. The molecule has 0 N–H and O–H groups in total. The number of carbonyl (C=O) groups is 1. The molecule has 0 fully saturated rings. The summed E-state index contributed by atoms with van der Waals surface area (Å²) in [5.41, 5.74) is 3.87. The molecule has 0 unspecified atom stereocenters. The van der Waals surface area contributed by atoms with Crippen molar-refractivity contribution in [3.05, 3.63) is 34.9 Å². The van der Waals surface area contributed by atoms with Crippen molar-refractivity contribution in [2.75, 3.05) is 6.61 Å². The quantitative estimate of drug-likeness (QED) is 0.744. The van der Waals surface area contributed by atoms with Crippen LogP contribution in [0.1, 0.15) is 77.0 Å². The Balaban J connectivity index is 2.28. The average Bonchev–Trinajstić information content (AvgIpc) is 2.46. The lowest BCUT2D eigenvalue weighted by Crippen LogP contribution is -2.49. The minimum Gasteiger partial charge on any atom is -0.465 e. The van der Waals surface area contributed by atoms with Crippen LogP contribution in [0.4, 0.5) is 0 Å². The highest BCUT2D eigenvalue weighted by Crippen LogP contribution is 2.56. The summed E-state index contributed by atoms with van der Waals surface area (Å²) in [6.07, 6.45) is 3.92. The molecule has 22 heavy (non-hydrogen) atoms. The van der Waals surface area contributed by atoms with Crippen molar-refractivity contribution in [1.82, 2.24) is 0 Å². The van der Waals surface area contributed by atoms with Crippen LogP contribution in [0.15, 0.2) is 18.2 Å². The van der Waals surface area contributed by atoms with E-state index in [1.807, 2.05) is 6.92 Å². The van der Waals surface area contributed by atoms with E-state index in [9.17, 15) is 4.79 Å². The number of ether oxygens (including phenoxy) is 1. The van der Waals surface area contributed by atoms with Crippen molar-refractivity contribution in [2.24, 2.45) is 0 Å². The van der Waals surface area contributed by atoms with Gasteiger partial charge in [0, 0.05) is 0 Å². The highest BCUT2D eigenvalue weighted by atomic mass is 16.5. The first-order chi connectivity index (χ1) is 10.2. The standard InChI is InChI=1S/C20H28O2/c1-6-22-17(21)20-12-10-18(2,3)14-8-7-9-15(16(14)20)19(4,5)11-13-20/h7-9H,6,10-13H2,1-5H3. The summed E-state index contributed by atoms with van der Waals surface area (Å²) in [6, 6.07) is 6.63. The lowest BCUT2D eigenvalue weighted by atomic mass is 9.53. The van der Waals surface area contributed by atoms with Gasteiger partial charge in [-0.2, -0.15) is 0 Å². The summed E-state index contributed by atoms with van der Waals surface area (Å²) in [7, 11) is 0. The fourth-order valence-electron chi connectivity index (χ4n) is 4.47. The Morgan fingerprint density at radius 1 is 1.00 bits per heavy atom. The molecule has 2 heteroatoms. The second-order valence-electron chi connectivity index (χ2n) is 8.30. The van der Waals surface area contributed by atoms with Gasteiger partial charge >= 0.3 is 5.97 Å². The van der Waals surface area contributed by atoms with Crippen molar-refractivity contribution in [2.45, 2.75) is 76.5 Å². The molecule has 0 aromatic heterocycles. The average molecular weight is 300 g/mol. The first-order valence-electron chi connectivity index (χ1n) is 8.56. The molecule has 2 aliphatic rings. The maximum absolute atomic E-state index is 12.9. The first-order valence-corrected chi connectivity index (χ1v) is 8.56. The molecule has 0 atom stereocenters. The molecule has 0 spiro atoms. The zero-order valence-electron chi connectivity index (χ0n) is 14.6. The Morgan fingerprint density at radius 3 is 1.95 bits per heavy atom. The van der Waals surface area contributed by atoms with E-state index in [4.69, 9.17) is 4.74 Å². The van der Waals surface area contributed by atoms with Crippen LogP contribution in [-0.4, -0.2) is 12.6 Å². The summed E-state index contributed by atoms with van der Waals surface area (Å²) in [5, 5.41) is 0. The van der Waals surface area contributed by atoms with Gasteiger partial charge in [0.15, 0.2) is 0 Å². The second kappa shape index (κ2) is 4.84. The van der Waals surface area contributed by atoms with Gasteiger partial charge < -0.3 is 4.74 Å². The Labute approximate surface area is 134 Å². The van der Waals surface area contributed by atoms with E-state index < -0.39 is 5.41 Å². The van der Waals surface area contributed by atoms with Crippen molar-refractivity contribution < 1.29 is 9.53 Å². The van der Waals surface area contributed by atoms with Crippen molar-refractivity contribution in [3.8, 4) is 0 Å². The zero-order chi connectivity index (χ0) is 16.2. The van der Waals surface area contributed by atoms with Crippen molar-refractivity contribution in [3.63, 3.8) is 0 Å². The summed E-state index contributed by atoms with van der Waals surface area (Å²) < 4.78 is 5.52. The van der Waals surface area contributed by atoms with E-state index in [0.29, 0.717) is 6.61 Å². The van der Waals surface area contributed by atoms with Gasteiger partial charge in [-0.05, 0) is 60.1 Å². The van der Waals surface area contributed by atoms with Crippen LogP contribution in [0.3, 0.4) is 0 Å². The lowest BCUT2D eigenvalue weighted by molar-refractivity contribution is -0.152. The molecule has 0 radical (unpaired) electrons. The van der Waals surface area contributed by atoms with Gasteiger partial charge in [0.1, 0.15) is 0 Å². The fourth-order valence-corrected chi connectivity index (χ4v) is 4.47. The monoisotopic (exact) mass is 300 g/mol. The predicted octanol–water partition coefficient (Wildman–Crippen LogP) is 4.63. The predicted molar refractivity (Wildman–Crippen MR) is 89.3 cm³/mol. The molecule has 3 rings (SSSR count). The minimum absolute atomic E-state index is 0.00491. The third kappa shape index (κ3) is 2.03. The van der Waals surface area contributed by atoms with Crippen LogP contribution in [-0.2, 0) is 25.8 Å². The highest BCUT2D eigenvalue weighted by molar-refractivity contribution is 5.86. The smallest absolute Gasteiger partial charge is 0.316 e. The second-order valence-corrected chi connectivity index (χ2v) is 8.30. The summed E-state index contributed by atoms with van der Waals surface area (Å²) in [6.45, 7) is 11.6. The number of hydrogen-bond acceptors (Lipinski definition) is 2. The van der Waals surface area contributed by atoms with Crippen LogP contribution < -0.4 is 0 Å². The molecule has 0 amide bonds. The Bertz CT molecular complexity index is 572. The van der Waals surface area contributed by atoms with Gasteiger partial charge in [0.05, 0.1) is 12.0 Å². The molecule has 0 aliphatic heterocycles. The van der Waals surface area contributed by atoms with Gasteiger partial charge in [0.2, 0.25) is 0 Å². The maximum Gasteiger partial charge on any atom is 0.316 e. The third-order valence-electron chi connectivity index (χ3n) is 6.02. The molecule has 0 saturated heterocycles. The van der Waals surface area contributed by atoms with Crippen LogP contribution >= 0.6 is 0 Å². The molecular formula is C20H28O2. The number of esters is 1. The fraction of sp³-hybridized carbons (Fsp3) is 0.650. The van der Waals surface area contributed by atoms with Gasteiger partial charge in [-0.25, -0.2) is 0 Å². The minimum atomic E-state index is -0.410. The topological polar surface area (TPSA) is 26.3 Å². The van der Waals surface area contributed by atoms with E-state index in [2.05, 4.69) is 45.9 Å². The highest BCUT2D eigenvalue weighted by Gasteiger charge is 2.54. The number of carbonyl (C=O) groups excluding carboxylic acids is 1. The molecule has 120 valence electrons. The van der Waals surface area contributed by atoms with E-state index in [-0.39, 0.29) is 16.8 Å². The van der Waals surface area contributed by atoms with Gasteiger partial charge in [-0.15, -0.1) is 0 Å². The molecule has 2 nitrogen and oxygen atoms in total. The number of rotatable bonds is 2. The maximum atomic E-state index is 12.9. The summed E-state index contributed by atoms with van der Waals surface area (Å²) >= 11 is 0. The van der Waals surface area contributed by atoms with Crippen molar-refractivity contribution >= 4 is 5.97 Å². The normalized spacial score (nSPS) is 23.5. The molecule has 1 aromatic rings. The number of benzene rings is 1. The van der Waals surface area contributed by atoms with Gasteiger partial charge in [-0.1, -0.05) is 45.9 Å². The summed E-state index contributed by atoms with van der Waals surface area (Å²) in [4.78, 5) is 12.9. The lowest BCUT2D eigenvalue weighted by Gasteiger charge is -2.50. The summed E-state index contributed by atoms with van der Waals surface area (Å²) in [5.74, 6) is -0.00491. The van der Waals surface area contributed by atoms with Gasteiger partial charge in [-0.3, -0.25) is 4.79 Å². The molecule has 0 saturated carbocycles. The number of hydrogen-bond donors (Lipinski definition) is 0. The van der Waals surface area contributed by atoms with E-state index >= 15 is 0 Å². The van der Waals surface area contributed by atoms with E-state index in [1.165, 1.54) is 16.7 Å². The Morgan fingerprint density at radius 2 is 1.50 bits per heavy atom. The largest absolute Gasteiger partial charge is 0.465 e. The van der Waals surface area contributed by atoms with Crippen LogP contribution in [0.5, 0.6) is 0 Å².